The number of nitrogens with zero attached hydrogens (tertiary/aromatic N) is 3. The van der Waals surface area contributed by atoms with Crippen LogP contribution in [0.15, 0.2) is 0 Å². The molecule has 2 aromatic rings. The lowest BCUT2D eigenvalue weighted by molar-refractivity contribution is -0.115. The van der Waals surface area contributed by atoms with Crippen LogP contribution in [-0.4, -0.2) is 39.3 Å². The summed E-state index contributed by atoms with van der Waals surface area (Å²) >= 11 is 2.22. The van der Waals surface area contributed by atoms with E-state index in [1.807, 2.05) is 0 Å². The van der Waals surface area contributed by atoms with E-state index in [0.29, 0.717) is 27.4 Å². The van der Waals surface area contributed by atoms with Gasteiger partial charge < -0.3 is 15.2 Å². The van der Waals surface area contributed by atoms with Crippen LogP contribution in [-0.2, 0) is 22.6 Å². The Morgan fingerprint density at radius 3 is 2.67 bits per heavy atom. The minimum Gasteiger partial charge on any atom is -0.477 e. The zero-order chi connectivity index (χ0) is 15.4. The molecule has 0 aliphatic rings. The number of nitrogens with one attached hydrogen (secondary N) is 1. The number of rotatable bonds is 6. The summed E-state index contributed by atoms with van der Waals surface area (Å²) in [6.07, 6.45) is -0.00201. The maximum absolute atomic E-state index is 11.9. The van der Waals surface area contributed by atoms with E-state index in [1.165, 1.54) is 11.3 Å². The fraction of sp³-hybridized carbons (Fsp3) is 0.364. The Morgan fingerprint density at radius 2 is 2.05 bits per heavy atom. The van der Waals surface area contributed by atoms with E-state index in [9.17, 15) is 9.59 Å². The molecule has 21 heavy (non-hydrogen) atoms. The predicted molar refractivity (Wildman–Crippen MR) is 76.8 cm³/mol. The van der Waals surface area contributed by atoms with Crippen molar-refractivity contribution in [3.63, 3.8) is 0 Å². The minimum absolute atomic E-state index is 0.00201. The summed E-state index contributed by atoms with van der Waals surface area (Å²) in [5.74, 6) is -1.36. The van der Waals surface area contributed by atoms with Crippen LogP contribution in [0.3, 0.4) is 0 Å². The van der Waals surface area contributed by atoms with E-state index in [0.717, 1.165) is 11.3 Å². The van der Waals surface area contributed by atoms with Gasteiger partial charge in [-0.15, -0.1) is 21.5 Å². The van der Waals surface area contributed by atoms with Crippen molar-refractivity contribution in [2.75, 3.05) is 12.4 Å². The molecule has 0 spiro atoms. The van der Waals surface area contributed by atoms with Gasteiger partial charge in [-0.2, -0.15) is 0 Å². The first-order valence-electron chi connectivity index (χ1n) is 5.80. The first-order chi connectivity index (χ1) is 9.99. The summed E-state index contributed by atoms with van der Waals surface area (Å²) in [5.41, 5.74) is 0.411. The molecule has 2 aromatic heterocycles. The Balaban J connectivity index is 1.97. The molecular weight excluding hydrogens is 316 g/mol. The average molecular weight is 328 g/mol. The lowest BCUT2D eigenvalue weighted by Crippen LogP contribution is -2.14. The molecule has 0 aliphatic heterocycles. The summed E-state index contributed by atoms with van der Waals surface area (Å²) in [7, 11) is 1.55. The maximum Gasteiger partial charge on any atom is 0.347 e. The lowest BCUT2D eigenvalue weighted by Gasteiger charge is -1.97. The standard InChI is InChI=1S/C11H12N4O4S2/c1-5-9(10(17)18)20-7(12-5)3-6(16)13-11-15-14-8(21-11)4-19-2/h3-4H2,1-2H3,(H,17,18)(H,13,15,16). The van der Waals surface area contributed by atoms with Crippen molar-refractivity contribution in [1.82, 2.24) is 15.2 Å². The van der Waals surface area contributed by atoms with Crippen molar-refractivity contribution in [1.29, 1.82) is 0 Å². The number of aryl methyl sites for hydroxylation is 1. The molecule has 0 saturated heterocycles. The second-order valence-electron chi connectivity index (χ2n) is 3.99. The van der Waals surface area contributed by atoms with Gasteiger partial charge in [0.1, 0.15) is 21.5 Å². The number of ether oxygens (including phenoxy) is 1. The average Bonchev–Trinajstić information content (AvgIpc) is 2.97. The van der Waals surface area contributed by atoms with Gasteiger partial charge in [0.05, 0.1) is 12.1 Å². The molecule has 1 amide bonds. The molecule has 0 bridgehead atoms. The number of hydrogen-bond acceptors (Lipinski definition) is 8. The van der Waals surface area contributed by atoms with E-state index in [2.05, 4.69) is 20.5 Å². The number of carbonyl (C=O) groups excluding carboxylic acids is 1. The minimum atomic E-state index is -1.04. The molecule has 2 N–H and O–H groups in total. The summed E-state index contributed by atoms with van der Waals surface area (Å²) in [6.45, 7) is 1.93. The van der Waals surface area contributed by atoms with Gasteiger partial charge in [-0.1, -0.05) is 11.3 Å². The number of carbonyl (C=O) groups is 2. The number of anilines is 1. The van der Waals surface area contributed by atoms with Crippen LogP contribution < -0.4 is 5.32 Å². The van der Waals surface area contributed by atoms with Gasteiger partial charge in [-0.3, -0.25) is 4.79 Å². The molecule has 8 nitrogen and oxygen atoms in total. The van der Waals surface area contributed by atoms with Gasteiger partial charge >= 0.3 is 5.97 Å². The zero-order valence-corrected chi connectivity index (χ0v) is 12.9. The number of carboxylic acids is 1. The molecule has 10 heteroatoms. The highest BCUT2D eigenvalue weighted by Gasteiger charge is 2.16. The Bertz CT molecular complexity index is 667. The van der Waals surface area contributed by atoms with Crippen LogP contribution in [0.2, 0.25) is 0 Å². The van der Waals surface area contributed by atoms with Crippen LogP contribution >= 0.6 is 22.7 Å². The van der Waals surface area contributed by atoms with Crippen LogP contribution in [0.4, 0.5) is 5.13 Å². The van der Waals surface area contributed by atoms with Crippen molar-refractivity contribution >= 4 is 39.7 Å². The first-order valence-corrected chi connectivity index (χ1v) is 7.43. The highest BCUT2D eigenvalue weighted by atomic mass is 32.1. The predicted octanol–water partition coefficient (Wildman–Crippen LogP) is 1.33. The Kier molecular flexibility index (Phi) is 4.94. The number of thiazole rings is 1. The number of aromatic carboxylic acids is 1. The number of methoxy groups -OCH3 is 1. The molecule has 0 fully saturated rings. The molecule has 0 radical (unpaired) electrons. The van der Waals surface area contributed by atoms with Crippen molar-refractivity contribution < 1.29 is 19.4 Å². The van der Waals surface area contributed by atoms with Gasteiger partial charge in [-0.25, -0.2) is 9.78 Å². The summed E-state index contributed by atoms with van der Waals surface area (Å²) in [4.78, 5) is 27.0. The Labute approximate surface area is 127 Å². The first kappa shape index (κ1) is 15.5. The summed E-state index contributed by atoms with van der Waals surface area (Å²) in [6, 6.07) is 0. The van der Waals surface area contributed by atoms with Gasteiger partial charge in [0.2, 0.25) is 11.0 Å². The molecular formula is C11H12N4O4S2. The topological polar surface area (TPSA) is 114 Å². The third-order valence-corrected chi connectivity index (χ3v) is 4.29. The van der Waals surface area contributed by atoms with E-state index in [4.69, 9.17) is 9.84 Å². The fourth-order valence-corrected chi connectivity index (χ4v) is 3.14. The highest BCUT2D eigenvalue weighted by Crippen LogP contribution is 2.20. The normalized spacial score (nSPS) is 10.6. The van der Waals surface area contributed by atoms with Crippen LogP contribution in [0.1, 0.15) is 25.4 Å². The molecule has 0 unspecified atom stereocenters. The van der Waals surface area contributed by atoms with Gasteiger partial charge in [0.25, 0.3) is 0 Å². The second kappa shape index (κ2) is 6.70. The third kappa shape index (κ3) is 4.03. The third-order valence-electron chi connectivity index (χ3n) is 2.33. The molecule has 0 atom stereocenters. The van der Waals surface area contributed by atoms with Crippen molar-refractivity contribution in [3.05, 3.63) is 20.6 Å². The largest absolute Gasteiger partial charge is 0.477 e. The van der Waals surface area contributed by atoms with E-state index in [-0.39, 0.29) is 17.2 Å². The van der Waals surface area contributed by atoms with Crippen LogP contribution in [0, 0.1) is 6.92 Å². The Hall–Kier alpha value is -1.91. The maximum atomic E-state index is 11.9. The van der Waals surface area contributed by atoms with Crippen LogP contribution in [0.25, 0.3) is 0 Å². The lowest BCUT2D eigenvalue weighted by atomic mass is 10.4. The number of amides is 1. The fourth-order valence-electron chi connectivity index (χ4n) is 1.51. The zero-order valence-electron chi connectivity index (χ0n) is 11.2. The van der Waals surface area contributed by atoms with Gasteiger partial charge in [-0.05, 0) is 6.92 Å². The number of aromatic nitrogens is 3. The van der Waals surface area contributed by atoms with Gasteiger partial charge in [0.15, 0.2) is 0 Å². The van der Waals surface area contributed by atoms with Gasteiger partial charge in [0, 0.05) is 7.11 Å². The van der Waals surface area contributed by atoms with Crippen LogP contribution in [0.5, 0.6) is 0 Å². The number of hydrogen-bond donors (Lipinski definition) is 2. The molecule has 0 aliphatic carbocycles. The molecule has 2 heterocycles. The monoisotopic (exact) mass is 328 g/mol. The molecule has 112 valence electrons. The quantitative estimate of drug-likeness (QED) is 0.822. The SMILES string of the molecule is COCc1nnc(NC(=O)Cc2nc(C)c(C(=O)O)s2)s1. The number of carboxylic acid groups (broad SMARTS) is 1. The molecule has 2 rings (SSSR count). The molecule has 0 aromatic carbocycles. The summed E-state index contributed by atoms with van der Waals surface area (Å²) < 4.78 is 4.91. The van der Waals surface area contributed by atoms with E-state index >= 15 is 0 Å². The molecule has 0 saturated carbocycles. The van der Waals surface area contributed by atoms with E-state index < -0.39 is 5.97 Å². The summed E-state index contributed by atoms with van der Waals surface area (Å²) in [5, 5.41) is 20.7. The van der Waals surface area contributed by atoms with E-state index in [1.54, 1.807) is 14.0 Å². The van der Waals surface area contributed by atoms with Crippen molar-refractivity contribution in [2.24, 2.45) is 0 Å². The van der Waals surface area contributed by atoms with Crippen molar-refractivity contribution in [3.8, 4) is 0 Å². The smallest absolute Gasteiger partial charge is 0.347 e. The van der Waals surface area contributed by atoms with Crippen molar-refractivity contribution in [2.45, 2.75) is 20.0 Å². The second-order valence-corrected chi connectivity index (χ2v) is 6.13. The Morgan fingerprint density at radius 1 is 1.29 bits per heavy atom. The highest BCUT2D eigenvalue weighted by molar-refractivity contribution is 7.15.